The summed E-state index contributed by atoms with van der Waals surface area (Å²) in [5, 5.41) is 7.72. The van der Waals surface area contributed by atoms with E-state index < -0.39 is 16.1 Å². The molecule has 0 aromatic heterocycles. The molecule has 0 aliphatic rings. The van der Waals surface area contributed by atoms with Gasteiger partial charge in [0.05, 0.1) is 4.90 Å². The van der Waals surface area contributed by atoms with Gasteiger partial charge in [-0.2, -0.15) is 8.42 Å². The molecular weight excluding hydrogens is 220 g/mol. The molecular formula is C9H12O5S. The Bertz CT molecular complexity index is 396. The standard InChI is InChI=1S/C6H6O3S.C3H6O2/c7-10(8,9)6-4-2-1-3-5-6;1-2-3(4)5/h1-5H,(H,7,8,9);2H2,1H3,(H,4,5). The molecule has 0 heterocycles. The summed E-state index contributed by atoms with van der Waals surface area (Å²) < 4.78 is 29.2. The summed E-state index contributed by atoms with van der Waals surface area (Å²) in [7, 11) is -4.00. The van der Waals surface area contributed by atoms with Crippen LogP contribution in [0.5, 0.6) is 0 Å². The highest BCUT2D eigenvalue weighted by molar-refractivity contribution is 7.85. The fraction of sp³-hybridized carbons (Fsp3) is 0.222. The average Bonchev–Trinajstić information content (AvgIpc) is 2.19. The van der Waals surface area contributed by atoms with Crippen LogP contribution in [0.15, 0.2) is 35.2 Å². The molecule has 0 saturated heterocycles. The Morgan fingerprint density at radius 3 is 1.87 bits per heavy atom. The number of hydrogen-bond donors (Lipinski definition) is 2. The summed E-state index contributed by atoms with van der Waals surface area (Å²) in [6, 6.07) is 7.42. The highest BCUT2D eigenvalue weighted by atomic mass is 32.2. The van der Waals surface area contributed by atoms with E-state index in [2.05, 4.69) is 0 Å². The molecule has 1 aromatic carbocycles. The van der Waals surface area contributed by atoms with Gasteiger partial charge in [-0.25, -0.2) is 0 Å². The van der Waals surface area contributed by atoms with Crippen LogP contribution in [0.25, 0.3) is 0 Å². The zero-order valence-corrected chi connectivity index (χ0v) is 8.94. The molecule has 0 saturated carbocycles. The maximum absolute atomic E-state index is 10.4. The van der Waals surface area contributed by atoms with Crippen LogP contribution in [-0.2, 0) is 14.9 Å². The Hall–Kier alpha value is -1.40. The molecule has 0 fully saturated rings. The highest BCUT2D eigenvalue weighted by Crippen LogP contribution is 2.05. The number of rotatable bonds is 2. The van der Waals surface area contributed by atoms with E-state index in [1.807, 2.05) is 0 Å². The predicted molar refractivity (Wildman–Crippen MR) is 54.2 cm³/mol. The highest BCUT2D eigenvalue weighted by Gasteiger charge is 2.05. The van der Waals surface area contributed by atoms with E-state index in [-0.39, 0.29) is 11.3 Å². The molecule has 0 aliphatic carbocycles. The van der Waals surface area contributed by atoms with Crippen LogP contribution in [0.3, 0.4) is 0 Å². The third kappa shape index (κ3) is 6.64. The van der Waals surface area contributed by atoms with Gasteiger partial charge in [0.15, 0.2) is 0 Å². The lowest BCUT2D eigenvalue weighted by Gasteiger charge is -1.92. The first-order valence-electron chi connectivity index (χ1n) is 4.12. The van der Waals surface area contributed by atoms with Gasteiger partial charge in [0.25, 0.3) is 10.1 Å². The van der Waals surface area contributed by atoms with Crippen LogP contribution in [0.2, 0.25) is 0 Å². The van der Waals surface area contributed by atoms with E-state index >= 15 is 0 Å². The summed E-state index contributed by atoms with van der Waals surface area (Å²) in [5.41, 5.74) is 0. The number of hydrogen-bond acceptors (Lipinski definition) is 3. The molecule has 1 rings (SSSR count). The minimum atomic E-state index is -4.00. The number of carboxylic acid groups (broad SMARTS) is 1. The first kappa shape index (κ1) is 13.6. The molecule has 0 bridgehead atoms. The van der Waals surface area contributed by atoms with E-state index in [4.69, 9.17) is 9.66 Å². The number of carboxylic acids is 1. The van der Waals surface area contributed by atoms with Gasteiger partial charge in [0.2, 0.25) is 0 Å². The van der Waals surface area contributed by atoms with Crippen molar-refractivity contribution in [2.75, 3.05) is 0 Å². The molecule has 0 unspecified atom stereocenters. The third-order valence-corrected chi connectivity index (χ3v) is 2.21. The van der Waals surface area contributed by atoms with Gasteiger partial charge in [0.1, 0.15) is 0 Å². The van der Waals surface area contributed by atoms with Gasteiger partial charge in [-0.1, -0.05) is 25.1 Å². The van der Waals surface area contributed by atoms with Crippen molar-refractivity contribution in [3.63, 3.8) is 0 Å². The van der Waals surface area contributed by atoms with Gasteiger partial charge in [-0.05, 0) is 12.1 Å². The van der Waals surface area contributed by atoms with Crippen LogP contribution in [0.4, 0.5) is 0 Å². The molecule has 0 atom stereocenters. The fourth-order valence-electron chi connectivity index (χ4n) is 0.592. The van der Waals surface area contributed by atoms with Crippen molar-refractivity contribution >= 4 is 16.1 Å². The van der Waals surface area contributed by atoms with E-state index in [1.165, 1.54) is 12.1 Å². The smallest absolute Gasteiger partial charge is 0.303 e. The van der Waals surface area contributed by atoms with Gasteiger partial charge in [0, 0.05) is 6.42 Å². The van der Waals surface area contributed by atoms with Gasteiger partial charge in [-0.3, -0.25) is 9.35 Å². The summed E-state index contributed by atoms with van der Waals surface area (Å²) in [6.07, 6.45) is 0.222. The van der Waals surface area contributed by atoms with Crippen molar-refractivity contribution in [1.29, 1.82) is 0 Å². The molecule has 6 heteroatoms. The quantitative estimate of drug-likeness (QED) is 0.752. The largest absolute Gasteiger partial charge is 0.481 e. The molecule has 0 radical (unpaired) electrons. The predicted octanol–water partition coefficient (Wildman–Crippen LogP) is 1.41. The first-order chi connectivity index (χ1) is 6.88. The molecule has 0 aliphatic heterocycles. The van der Waals surface area contributed by atoms with Gasteiger partial charge < -0.3 is 5.11 Å². The molecule has 0 amide bonds. The molecule has 1 aromatic rings. The topological polar surface area (TPSA) is 91.7 Å². The van der Waals surface area contributed by atoms with Crippen molar-refractivity contribution in [2.45, 2.75) is 18.2 Å². The van der Waals surface area contributed by atoms with E-state index in [0.29, 0.717) is 0 Å². The Balaban J connectivity index is 0.000000336. The zero-order chi connectivity index (χ0) is 11.9. The van der Waals surface area contributed by atoms with E-state index in [0.717, 1.165) is 0 Å². The number of aliphatic carboxylic acids is 1. The van der Waals surface area contributed by atoms with E-state index in [1.54, 1.807) is 25.1 Å². The lowest BCUT2D eigenvalue weighted by molar-refractivity contribution is -0.136. The van der Waals surface area contributed by atoms with Gasteiger partial charge in [-0.15, -0.1) is 0 Å². The van der Waals surface area contributed by atoms with Crippen molar-refractivity contribution < 1.29 is 22.9 Å². The fourth-order valence-corrected chi connectivity index (χ4v) is 1.09. The lowest BCUT2D eigenvalue weighted by atomic mass is 10.4. The summed E-state index contributed by atoms with van der Waals surface area (Å²) in [6.45, 7) is 1.60. The Labute approximate surface area is 88.1 Å². The maximum atomic E-state index is 10.4. The summed E-state index contributed by atoms with van der Waals surface area (Å²) in [4.78, 5) is 9.29. The minimum Gasteiger partial charge on any atom is -0.481 e. The normalized spacial score (nSPS) is 10.0. The SMILES string of the molecule is CCC(=O)O.O=S(=O)(O)c1ccccc1. The maximum Gasteiger partial charge on any atom is 0.303 e. The first-order valence-corrected chi connectivity index (χ1v) is 5.56. The Morgan fingerprint density at radius 1 is 1.27 bits per heavy atom. The Morgan fingerprint density at radius 2 is 1.67 bits per heavy atom. The molecule has 2 N–H and O–H groups in total. The van der Waals surface area contributed by atoms with E-state index in [9.17, 15) is 13.2 Å². The lowest BCUT2D eigenvalue weighted by Crippen LogP contribution is -1.96. The molecule has 5 nitrogen and oxygen atoms in total. The van der Waals surface area contributed by atoms with Crippen LogP contribution in [0.1, 0.15) is 13.3 Å². The molecule has 84 valence electrons. The van der Waals surface area contributed by atoms with Crippen LogP contribution < -0.4 is 0 Å². The van der Waals surface area contributed by atoms with Crippen molar-refractivity contribution in [2.24, 2.45) is 0 Å². The molecule has 15 heavy (non-hydrogen) atoms. The molecule has 0 spiro atoms. The summed E-state index contributed by atoms with van der Waals surface area (Å²) >= 11 is 0. The monoisotopic (exact) mass is 232 g/mol. The van der Waals surface area contributed by atoms with Crippen molar-refractivity contribution in [1.82, 2.24) is 0 Å². The third-order valence-electron chi connectivity index (χ3n) is 1.34. The Kier molecular flexibility index (Phi) is 5.58. The zero-order valence-electron chi connectivity index (χ0n) is 8.12. The van der Waals surface area contributed by atoms with Crippen molar-refractivity contribution in [3.05, 3.63) is 30.3 Å². The second-order valence-electron chi connectivity index (χ2n) is 2.54. The van der Waals surface area contributed by atoms with Crippen LogP contribution in [0, 0.1) is 0 Å². The average molecular weight is 232 g/mol. The van der Waals surface area contributed by atoms with Crippen LogP contribution in [-0.4, -0.2) is 24.0 Å². The number of carbonyl (C=O) groups is 1. The van der Waals surface area contributed by atoms with Crippen LogP contribution >= 0.6 is 0 Å². The van der Waals surface area contributed by atoms with Crippen molar-refractivity contribution in [3.8, 4) is 0 Å². The van der Waals surface area contributed by atoms with Gasteiger partial charge >= 0.3 is 5.97 Å². The second kappa shape index (κ2) is 6.15. The minimum absolute atomic E-state index is 0.0741. The summed E-state index contributed by atoms with van der Waals surface area (Å²) in [5.74, 6) is -0.745. The number of benzene rings is 1. The second-order valence-corrected chi connectivity index (χ2v) is 3.96.